The molecule has 0 bridgehead atoms. The van der Waals surface area contributed by atoms with Gasteiger partial charge in [-0.25, -0.2) is 23.2 Å². The molecule has 0 saturated carbocycles. The second-order valence-electron chi connectivity index (χ2n) is 3.27. The van der Waals surface area contributed by atoms with Crippen molar-refractivity contribution in [3.8, 4) is 5.69 Å². The fourth-order valence-electron chi connectivity index (χ4n) is 1.38. The predicted octanol–water partition coefficient (Wildman–Crippen LogP) is 1.55. The van der Waals surface area contributed by atoms with Crippen molar-refractivity contribution in [1.29, 1.82) is 0 Å². The lowest BCUT2D eigenvalue weighted by Gasteiger charge is -2.05. The largest absolute Gasteiger partial charge is 0.475 e. The maximum atomic E-state index is 13.5. The van der Waals surface area contributed by atoms with Gasteiger partial charge in [-0.05, 0) is 19.1 Å². The van der Waals surface area contributed by atoms with Gasteiger partial charge in [-0.3, -0.25) is 0 Å². The second-order valence-corrected chi connectivity index (χ2v) is 3.27. The number of aromatic carboxylic acids is 1. The number of hydrogen-bond donors (Lipinski definition) is 1. The van der Waals surface area contributed by atoms with Crippen LogP contribution in [0.1, 0.15) is 16.4 Å². The summed E-state index contributed by atoms with van der Waals surface area (Å²) in [5.74, 6) is -3.45. The molecule has 1 N–H and O–H groups in total. The van der Waals surface area contributed by atoms with Crippen LogP contribution in [-0.2, 0) is 0 Å². The summed E-state index contributed by atoms with van der Waals surface area (Å²) in [4.78, 5) is 14.2. The first-order valence-electron chi connectivity index (χ1n) is 4.62. The average Bonchev–Trinajstić information content (AvgIpc) is 2.61. The van der Waals surface area contributed by atoms with Gasteiger partial charge in [0.25, 0.3) is 5.82 Å². The van der Waals surface area contributed by atoms with Crippen LogP contribution >= 0.6 is 0 Å². The number of carboxylic acids is 1. The van der Waals surface area contributed by atoms with Crippen LogP contribution in [0.5, 0.6) is 0 Å². The summed E-state index contributed by atoms with van der Waals surface area (Å²) in [6, 6.07) is 3.32. The monoisotopic (exact) mass is 239 g/mol. The Bertz CT molecular complexity index is 575. The molecular weight excluding hydrogens is 232 g/mol. The summed E-state index contributed by atoms with van der Waals surface area (Å²) in [7, 11) is 0. The molecule has 7 heteroatoms. The Morgan fingerprint density at radius 1 is 1.35 bits per heavy atom. The highest BCUT2D eigenvalue weighted by molar-refractivity contribution is 5.83. The van der Waals surface area contributed by atoms with Crippen molar-refractivity contribution in [2.24, 2.45) is 0 Å². The number of carbonyl (C=O) groups is 1. The molecule has 1 heterocycles. The standard InChI is InChI=1S/C10H7F2N3O2/c1-5-13-9(10(16)17)14-15(5)8-6(11)3-2-4-7(8)12/h2-4H,1H3,(H,16,17). The van der Waals surface area contributed by atoms with E-state index in [4.69, 9.17) is 5.11 Å². The van der Waals surface area contributed by atoms with E-state index in [9.17, 15) is 13.6 Å². The van der Waals surface area contributed by atoms with Crippen molar-refractivity contribution >= 4 is 5.97 Å². The molecule has 5 nitrogen and oxygen atoms in total. The van der Waals surface area contributed by atoms with E-state index in [0.717, 1.165) is 16.8 Å². The van der Waals surface area contributed by atoms with Gasteiger partial charge in [-0.1, -0.05) is 6.07 Å². The first kappa shape index (κ1) is 11.2. The number of benzene rings is 1. The Hall–Kier alpha value is -2.31. The number of rotatable bonds is 2. The number of aryl methyl sites for hydroxylation is 1. The third-order valence-electron chi connectivity index (χ3n) is 2.11. The highest BCUT2D eigenvalue weighted by Crippen LogP contribution is 2.17. The number of para-hydroxylation sites is 1. The fourth-order valence-corrected chi connectivity index (χ4v) is 1.38. The minimum atomic E-state index is -1.36. The molecule has 1 aromatic carbocycles. The van der Waals surface area contributed by atoms with E-state index in [2.05, 4.69) is 10.1 Å². The summed E-state index contributed by atoms with van der Waals surface area (Å²) in [6.07, 6.45) is 0. The van der Waals surface area contributed by atoms with Gasteiger partial charge in [0.05, 0.1) is 0 Å². The van der Waals surface area contributed by atoms with Gasteiger partial charge in [0, 0.05) is 0 Å². The minimum absolute atomic E-state index is 0.0893. The number of nitrogens with zero attached hydrogens (tertiary/aromatic N) is 3. The van der Waals surface area contributed by atoms with Crippen molar-refractivity contribution in [1.82, 2.24) is 14.8 Å². The van der Waals surface area contributed by atoms with E-state index in [1.165, 1.54) is 13.0 Å². The zero-order valence-electron chi connectivity index (χ0n) is 8.69. The van der Waals surface area contributed by atoms with E-state index in [1.54, 1.807) is 0 Å². The molecule has 0 fully saturated rings. The Morgan fingerprint density at radius 2 is 1.94 bits per heavy atom. The quantitative estimate of drug-likeness (QED) is 0.863. The molecule has 0 aliphatic carbocycles. The molecule has 0 aliphatic rings. The third kappa shape index (κ3) is 1.86. The van der Waals surface area contributed by atoms with Crippen LogP contribution in [0.25, 0.3) is 5.69 Å². The van der Waals surface area contributed by atoms with Gasteiger partial charge in [0.2, 0.25) is 0 Å². The molecule has 0 amide bonds. The van der Waals surface area contributed by atoms with Crippen LogP contribution in [-0.4, -0.2) is 25.8 Å². The van der Waals surface area contributed by atoms with Crippen molar-refractivity contribution in [2.75, 3.05) is 0 Å². The van der Waals surface area contributed by atoms with Gasteiger partial charge in [0.15, 0.2) is 11.6 Å². The third-order valence-corrected chi connectivity index (χ3v) is 2.11. The van der Waals surface area contributed by atoms with Crippen molar-refractivity contribution in [3.05, 3.63) is 41.5 Å². The summed E-state index contributed by atoms with van der Waals surface area (Å²) < 4.78 is 27.7. The molecule has 2 aromatic rings. The summed E-state index contributed by atoms with van der Waals surface area (Å²) in [5.41, 5.74) is -0.440. The first-order chi connectivity index (χ1) is 8.00. The Kier molecular flexibility index (Phi) is 2.58. The number of hydrogen-bond acceptors (Lipinski definition) is 3. The predicted molar refractivity (Wildman–Crippen MR) is 53.0 cm³/mol. The lowest BCUT2D eigenvalue weighted by molar-refractivity contribution is 0.0683. The lowest BCUT2D eigenvalue weighted by atomic mass is 10.3. The van der Waals surface area contributed by atoms with Gasteiger partial charge in [-0.2, -0.15) is 0 Å². The molecule has 0 aliphatic heterocycles. The Labute approximate surface area is 94.3 Å². The fraction of sp³-hybridized carbons (Fsp3) is 0.100. The number of aromatic nitrogens is 3. The maximum Gasteiger partial charge on any atom is 0.375 e. The van der Waals surface area contributed by atoms with Gasteiger partial charge < -0.3 is 5.11 Å². The van der Waals surface area contributed by atoms with E-state index in [0.29, 0.717) is 0 Å². The zero-order valence-corrected chi connectivity index (χ0v) is 8.69. The number of halogens is 2. The second kappa shape index (κ2) is 3.93. The van der Waals surface area contributed by atoms with E-state index < -0.39 is 29.1 Å². The maximum absolute atomic E-state index is 13.5. The molecule has 2 rings (SSSR count). The van der Waals surface area contributed by atoms with E-state index in [-0.39, 0.29) is 5.82 Å². The van der Waals surface area contributed by atoms with Crippen molar-refractivity contribution < 1.29 is 18.7 Å². The van der Waals surface area contributed by atoms with E-state index in [1.807, 2.05) is 0 Å². The summed E-state index contributed by atoms with van der Waals surface area (Å²) in [5, 5.41) is 12.2. The van der Waals surface area contributed by atoms with Crippen LogP contribution < -0.4 is 0 Å². The molecule has 88 valence electrons. The van der Waals surface area contributed by atoms with Crippen LogP contribution in [0.4, 0.5) is 8.78 Å². The van der Waals surface area contributed by atoms with Gasteiger partial charge >= 0.3 is 5.97 Å². The topological polar surface area (TPSA) is 68.0 Å². The van der Waals surface area contributed by atoms with Gasteiger partial charge in [0.1, 0.15) is 11.5 Å². The van der Waals surface area contributed by atoms with Crippen LogP contribution in [0.2, 0.25) is 0 Å². The lowest BCUT2D eigenvalue weighted by Crippen LogP contribution is -2.06. The molecule has 0 saturated heterocycles. The van der Waals surface area contributed by atoms with Crippen LogP contribution in [0, 0.1) is 18.6 Å². The molecular formula is C10H7F2N3O2. The van der Waals surface area contributed by atoms with E-state index >= 15 is 0 Å². The molecule has 1 aromatic heterocycles. The molecule has 0 radical (unpaired) electrons. The first-order valence-corrected chi connectivity index (χ1v) is 4.62. The minimum Gasteiger partial charge on any atom is -0.475 e. The van der Waals surface area contributed by atoms with Crippen LogP contribution in [0.15, 0.2) is 18.2 Å². The molecule has 17 heavy (non-hydrogen) atoms. The highest BCUT2D eigenvalue weighted by atomic mass is 19.1. The van der Waals surface area contributed by atoms with Crippen molar-refractivity contribution in [2.45, 2.75) is 6.92 Å². The normalized spacial score (nSPS) is 10.5. The highest BCUT2D eigenvalue weighted by Gasteiger charge is 2.18. The summed E-state index contributed by atoms with van der Waals surface area (Å²) in [6.45, 7) is 1.41. The van der Waals surface area contributed by atoms with Crippen molar-refractivity contribution in [3.63, 3.8) is 0 Å². The average molecular weight is 239 g/mol. The smallest absolute Gasteiger partial charge is 0.375 e. The SMILES string of the molecule is Cc1nc(C(=O)O)nn1-c1c(F)cccc1F. The molecule has 0 spiro atoms. The Balaban J connectivity index is 2.64. The van der Waals surface area contributed by atoms with Crippen LogP contribution in [0.3, 0.4) is 0 Å². The molecule has 0 unspecified atom stereocenters. The molecule has 0 atom stereocenters. The zero-order chi connectivity index (χ0) is 12.6. The van der Waals surface area contributed by atoms with Gasteiger partial charge in [-0.15, -0.1) is 5.10 Å². The number of carboxylic acid groups (broad SMARTS) is 1. The Morgan fingerprint density at radius 3 is 2.41 bits per heavy atom. The summed E-state index contributed by atoms with van der Waals surface area (Å²) >= 11 is 0.